The van der Waals surface area contributed by atoms with Crippen molar-refractivity contribution in [1.29, 1.82) is 0 Å². The van der Waals surface area contributed by atoms with Crippen LogP contribution in [0, 0.1) is 18.3 Å². The molecule has 0 rings (SSSR count). The molecule has 3 atom stereocenters. The molecule has 0 aliphatic carbocycles. The van der Waals surface area contributed by atoms with Crippen molar-refractivity contribution in [3.63, 3.8) is 0 Å². The van der Waals surface area contributed by atoms with Crippen LogP contribution in [-0.2, 0) is 11.1 Å². The predicted octanol–water partition coefficient (Wildman–Crippen LogP) is 0.866. The summed E-state index contributed by atoms with van der Waals surface area (Å²) in [6.45, 7) is 3.40. The molecule has 0 saturated heterocycles. The van der Waals surface area contributed by atoms with E-state index in [0.29, 0.717) is 0 Å². The molecule has 3 heteroatoms. The van der Waals surface area contributed by atoms with Gasteiger partial charge in [0, 0.05) is 5.92 Å². The van der Waals surface area contributed by atoms with Crippen LogP contribution in [-0.4, -0.2) is 14.0 Å². The average molecular weight is 146 g/mol. The Kier molecular flexibility index (Phi) is 3.52. The zero-order chi connectivity index (χ0) is 7.44. The fourth-order valence-electron chi connectivity index (χ4n) is 0.310. The largest absolute Gasteiger partial charge is 0.306 e. The Morgan fingerprint density at radius 1 is 1.67 bits per heavy atom. The quantitative estimate of drug-likeness (QED) is 0.463. The Morgan fingerprint density at radius 2 is 2.11 bits per heavy atom. The summed E-state index contributed by atoms with van der Waals surface area (Å²) in [7, 11) is 0. The molecule has 0 aliphatic heterocycles. The van der Waals surface area contributed by atoms with Crippen LogP contribution in [0.15, 0.2) is 0 Å². The second-order valence-electron chi connectivity index (χ2n) is 1.94. The maximum absolute atomic E-state index is 10.3. The topological polar surface area (TPSA) is 37.3 Å². The molecule has 0 radical (unpaired) electrons. The van der Waals surface area contributed by atoms with Crippen molar-refractivity contribution in [3.8, 4) is 12.3 Å². The van der Waals surface area contributed by atoms with E-state index in [4.69, 9.17) is 11.0 Å². The Morgan fingerprint density at radius 3 is 2.22 bits per heavy atom. The maximum Gasteiger partial charge on any atom is 0.156 e. The third-order valence-electron chi connectivity index (χ3n) is 1.29. The first kappa shape index (κ1) is 8.67. The molecule has 0 bridgehead atoms. The number of hydrogen-bond donors (Lipinski definition) is 1. The summed E-state index contributed by atoms with van der Waals surface area (Å²) in [5.41, 5.74) is 0. The third kappa shape index (κ3) is 2.64. The van der Waals surface area contributed by atoms with Crippen LogP contribution < -0.4 is 0 Å². The molecular weight excluding hydrogens is 136 g/mol. The minimum Gasteiger partial charge on any atom is -0.306 e. The second kappa shape index (κ2) is 3.65. The lowest BCUT2D eigenvalue weighted by molar-refractivity contribution is 0.536. The molecule has 0 aromatic rings. The molecule has 3 unspecified atom stereocenters. The molecular formula is C6H10O2S. The lowest BCUT2D eigenvalue weighted by Crippen LogP contribution is -2.17. The minimum atomic E-state index is -1.78. The van der Waals surface area contributed by atoms with Crippen LogP contribution in [0.3, 0.4) is 0 Å². The number of terminal acetylenes is 1. The van der Waals surface area contributed by atoms with Crippen LogP contribution in [0.25, 0.3) is 0 Å². The number of rotatable bonds is 2. The summed E-state index contributed by atoms with van der Waals surface area (Å²) in [6.07, 6.45) is 5.02. The molecule has 0 aliphatic rings. The molecule has 0 amide bonds. The first-order valence-electron chi connectivity index (χ1n) is 2.65. The van der Waals surface area contributed by atoms with Crippen molar-refractivity contribution in [2.24, 2.45) is 5.92 Å². The smallest absolute Gasteiger partial charge is 0.156 e. The second-order valence-corrected chi connectivity index (χ2v) is 3.23. The van der Waals surface area contributed by atoms with Gasteiger partial charge in [0.05, 0.1) is 5.25 Å². The molecule has 0 aromatic carbocycles. The molecule has 0 fully saturated rings. The first-order chi connectivity index (χ1) is 4.09. The summed E-state index contributed by atoms with van der Waals surface area (Å²) in [5, 5.41) is -0.324. The van der Waals surface area contributed by atoms with E-state index in [2.05, 4.69) is 5.92 Å². The fourth-order valence-corrected chi connectivity index (χ4v) is 0.738. The molecule has 52 valence electrons. The fraction of sp³-hybridized carbons (Fsp3) is 0.667. The monoisotopic (exact) mass is 146 g/mol. The average Bonchev–Trinajstić information content (AvgIpc) is 1.84. The van der Waals surface area contributed by atoms with E-state index < -0.39 is 11.1 Å². The van der Waals surface area contributed by atoms with Crippen molar-refractivity contribution < 1.29 is 8.76 Å². The van der Waals surface area contributed by atoms with Gasteiger partial charge in [-0.2, -0.15) is 0 Å². The molecule has 0 heterocycles. The van der Waals surface area contributed by atoms with Gasteiger partial charge in [-0.1, -0.05) is 6.92 Å². The van der Waals surface area contributed by atoms with Gasteiger partial charge in [0.1, 0.15) is 0 Å². The first-order valence-corrected chi connectivity index (χ1v) is 3.82. The van der Waals surface area contributed by atoms with Gasteiger partial charge in [-0.05, 0) is 6.92 Å². The Balaban J connectivity index is 3.91. The summed E-state index contributed by atoms with van der Waals surface area (Å²) < 4.78 is 18.8. The van der Waals surface area contributed by atoms with E-state index in [-0.39, 0.29) is 11.2 Å². The summed E-state index contributed by atoms with van der Waals surface area (Å²) in [5.74, 6) is 2.26. The van der Waals surface area contributed by atoms with Gasteiger partial charge in [-0.25, -0.2) is 4.21 Å². The zero-order valence-electron chi connectivity index (χ0n) is 5.50. The summed E-state index contributed by atoms with van der Waals surface area (Å²) >= 11 is -1.78. The standard InChI is InChI=1S/C6H10O2S/c1-4-5(2)6(3)9(7)8/h1,5-6H,2-3H3,(H,7,8). The Hall–Kier alpha value is -0.330. The van der Waals surface area contributed by atoms with Gasteiger partial charge >= 0.3 is 0 Å². The van der Waals surface area contributed by atoms with E-state index in [9.17, 15) is 4.21 Å². The van der Waals surface area contributed by atoms with Crippen LogP contribution >= 0.6 is 0 Å². The van der Waals surface area contributed by atoms with E-state index in [1.807, 2.05) is 0 Å². The van der Waals surface area contributed by atoms with Gasteiger partial charge in [0.15, 0.2) is 11.1 Å². The predicted molar refractivity (Wildman–Crippen MR) is 38.2 cm³/mol. The molecule has 9 heavy (non-hydrogen) atoms. The SMILES string of the molecule is C#CC(C)C(C)S(=O)O. The Labute approximate surface area is 57.9 Å². The minimum absolute atomic E-state index is 0.129. The van der Waals surface area contributed by atoms with E-state index in [1.165, 1.54) is 0 Å². The molecule has 0 aromatic heterocycles. The van der Waals surface area contributed by atoms with E-state index in [0.717, 1.165) is 0 Å². The highest BCUT2D eigenvalue weighted by Crippen LogP contribution is 2.05. The van der Waals surface area contributed by atoms with E-state index >= 15 is 0 Å². The van der Waals surface area contributed by atoms with Gasteiger partial charge in [-0.15, -0.1) is 12.3 Å². The Bertz CT molecular complexity index is 148. The van der Waals surface area contributed by atoms with Crippen LogP contribution in [0.5, 0.6) is 0 Å². The zero-order valence-corrected chi connectivity index (χ0v) is 6.31. The van der Waals surface area contributed by atoms with Gasteiger partial charge in [-0.3, -0.25) is 0 Å². The highest BCUT2D eigenvalue weighted by atomic mass is 32.2. The van der Waals surface area contributed by atoms with Crippen LogP contribution in [0.1, 0.15) is 13.8 Å². The highest BCUT2D eigenvalue weighted by Gasteiger charge is 2.14. The normalized spacial score (nSPS) is 19.8. The summed E-state index contributed by atoms with van der Waals surface area (Å²) in [6, 6.07) is 0. The van der Waals surface area contributed by atoms with Crippen molar-refractivity contribution in [1.82, 2.24) is 0 Å². The lowest BCUT2D eigenvalue weighted by atomic mass is 10.1. The molecule has 0 spiro atoms. The van der Waals surface area contributed by atoms with Gasteiger partial charge < -0.3 is 4.55 Å². The van der Waals surface area contributed by atoms with Crippen molar-refractivity contribution in [2.45, 2.75) is 19.1 Å². The molecule has 0 saturated carbocycles. The number of hydrogen-bond acceptors (Lipinski definition) is 1. The van der Waals surface area contributed by atoms with Gasteiger partial charge in [0.2, 0.25) is 0 Å². The summed E-state index contributed by atoms with van der Waals surface area (Å²) in [4.78, 5) is 0. The molecule has 2 nitrogen and oxygen atoms in total. The third-order valence-corrected chi connectivity index (χ3v) is 2.33. The van der Waals surface area contributed by atoms with E-state index in [1.54, 1.807) is 13.8 Å². The van der Waals surface area contributed by atoms with Crippen molar-refractivity contribution in [3.05, 3.63) is 0 Å². The van der Waals surface area contributed by atoms with Crippen molar-refractivity contribution >= 4 is 11.1 Å². The molecule has 1 N–H and O–H groups in total. The van der Waals surface area contributed by atoms with Gasteiger partial charge in [0.25, 0.3) is 0 Å². The van der Waals surface area contributed by atoms with Crippen LogP contribution in [0.2, 0.25) is 0 Å². The maximum atomic E-state index is 10.3. The lowest BCUT2D eigenvalue weighted by Gasteiger charge is -2.08. The van der Waals surface area contributed by atoms with Crippen molar-refractivity contribution in [2.75, 3.05) is 0 Å². The highest BCUT2D eigenvalue weighted by molar-refractivity contribution is 7.79. The van der Waals surface area contributed by atoms with Crippen LogP contribution in [0.4, 0.5) is 0 Å².